The van der Waals surface area contributed by atoms with E-state index in [1.54, 1.807) is 20.2 Å². The molecule has 0 fully saturated rings. The lowest BCUT2D eigenvalue weighted by Gasteiger charge is -2.15. The molecule has 0 saturated carbocycles. The van der Waals surface area contributed by atoms with Crippen molar-refractivity contribution in [3.63, 3.8) is 0 Å². The molecule has 3 N–H and O–H groups in total. The van der Waals surface area contributed by atoms with E-state index in [0.29, 0.717) is 22.4 Å². The van der Waals surface area contributed by atoms with E-state index < -0.39 is 6.10 Å². The maximum Gasteiger partial charge on any atom is 0.157 e. The van der Waals surface area contributed by atoms with Crippen molar-refractivity contribution in [3.8, 4) is 5.75 Å². The number of methoxy groups -OCH3 is 1. The van der Waals surface area contributed by atoms with Crippen LogP contribution in [0.15, 0.2) is 30.6 Å². The standard InChI is InChI=1S/C14H17ClN4O2/c1-16-12-13(15)18-8-19-14(12)17-7-11(20)9-4-3-5-10(6-9)21-2/h3-6,8,11,16,20H,7H2,1-2H3,(H,17,18,19). The first-order chi connectivity index (χ1) is 10.2. The Kier molecular flexibility index (Phi) is 5.19. The van der Waals surface area contributed by atoms with E-state index in [4.69, 9.17) is 16.3 Å². The molecule has 1 atom stereocenters. The molecule has 0 aliphatic heterocycles. The number of nitrogens with zero attached hydrogens (tertiary/aromatic N) is 2. The zero-order chi connectivity index (χ0) is 15.2. The van der Waals surface area contributed by atoms with Crippen LogP contribution in [0.3, 0.4) is 0 Å². The molecule has 0 aliphatic rings. The number of benzene rings is 1. The van der Waals surface area contributed by atoms with Gasteiger partial charge in [0.25, 0.3) is 0 Å². The van der Waals surface area contributed by atoms with Crippen LogP contribution in [0.4, 0.5) is 11.5 Å². The smallest absolute Gasteiger partial charge is 0.157 e. The molecule has 0 aliphatic carbocycles. The van der Waals surface area contributed by atoms with Crippen molar-refractivity contribution in [2.24, 2.45) is 0 Å². The highest BCUT2D eigenvalue weighted by molar-refractivity contribution is 6.32. The predicted octanol–water partition coefficient (Wildman–Crippen LogP) is 2.33. The molecule has 0 bridgehead atoms. The average molecular weight is 309 g/mol. The molecule has 0 radical (unpaired) electrons. The fraction of sp³-hybridized carbons (Fsp3) is 0.286. The van der Waals surface area contributed by atoms with Gasteiger partial charge in [-0.3, -0.25) is 0 Å². The van der Waals surface area contributed by atoms with Gasteiger partial charge in [0.05, 0.1) is 13.2 Å². The quantitative estimate of drug-likeness (QED) is 0.711. The fourth-order valence-corrected chi connectivity index (χ4v) is 2.11. The molecule has 1 heterocycles. The molecule has 7 heteroatoms. The van der Waals surface area contributed by atoms with E-state index in [-0.39, 0.29) is 6.54 Å². The molecule has 0 spiro atoms. The van der Waals surface area contributed by atoms with Gasteiger partial charge in [0.1, 0.15) is 17.8 Å². The third kappa shape index (κ3) is 3.74. The molecule has 1 aromatic heterocycles. The Morgan fingerprint density at radius 2 is 2.19 bits per heavy atom. The van der Waals surface area contributed by atoms with Crippen LogP contribution < -0.4 is 15.4 Å². The summed E-state index contributed by atoms with van der Waals surface area (Å²) in [7, 11) is 3.32. The summed E-state index contributed by atoms with van der Waals surface area (Å²) in [5.74, 6) is 1.24. The van der Waals surface area contributed by atoms with Gasteiger partial charge in [-0.15, -0.1) is 0 Å². The van der Waals surface area contributed by atoms with Gasteiger partial charge >= 0.3 is 0 Å². The Bertz CT molecular complexity index is 609. The number of nitrogens with one attached hydrogen (secondary N) is 2. The van der Waals surface area contributed by atoms with Gasteiger partial charge in [-0.05, 0) is 17.7 Å². The normalized spacial score (nSPS) is 11.8. The van der Waals surface area contributed by atoms with Crippen molar-refractivity contribution in [1.82, 2.24) is 9.97 Å². The van der Waals surface area contributed by atoms with Gasteiger partial charge in [-0.1, -0.05) is 23.7 Å². The Balaban J connectivity index is 2.07. The van der Waals surface area contributed by atoms with Crippen LogP contribution in [-0.2, 0) is 0 Å². The van der Waals surface area contributed by atoms with Crippen LogP contribution in [0.2, 0.25) is 5.15 Å². The zero-order valence-electron chi connectivity index (χ0n) is 11.8. The first kappa shape index (κ1) is 15.3. The highest BCUT2D eigenvalue weighted by Gasteiger charge is 2.12. The first-order valence-corrected chi connectivity index (χ1v) is 6.77. The maximum absolute atomic E-state index is 10.2. The summed E-state index contributed by atoms with van der Waals surface area (Å²) >= 11 is 5.97. The maximum atomic E-state index is 10.2. The van der Waals surface area contributed by atoms with Crippen molar-refractivity contribution in [1.29, 1.82) is 0 Å². The van der Waals surface area contributed by atoms with E-state index in [2.05, 4.69) is 20.6 Å². The molecular weight excluding hydrogens is 292 g/mol. The molecule has 0 amide bonds. The number of aliphatic hydroxyl groups is 1. The molecule has 112 valence electrons. The molecule has 1 aromatic carbocycles. The SMILES string of the molecule is CNc1c(Cl)ncnc1NCC(O)c1cccc(OC)c1. The number of hydrogen-bond acceptors (Lipinski definition) is 6. The van der Waals surface area contributed by atoms with Crippen LogP contribution in [0.1, 0.15) is 11.7 Å². The van der Waals surface area contributed by atoms with E-state index in [0.717, 1.165) is 5.56 Å². The lowest BCUT2D eigenvalue weighted by atomic mass is 10.1. The van der Waals surface area contributed by atoms with Crippen LogP contribution in [-0.4, -0.2) is 35.8 Å². The van der Waals surface area contributed by atoms with Crippen molar-refractivity contribution in [2.75, 3.05) is 31.3 Å². The minimum atomic E-state index is -0.696. The Hall–Kier alpha value is -2.05. The largest absolute Gasteiger partial charge is 0.497 e. The molecule has 2 rings (SSSR count). The Morgan fingerprint density at radius 3 is 2.90 bits per heavy atom. The number of anilines is 2. The molecule has 2 aromatic rings. The number of rotatable bonds is 6. The summed E-state index contributed by atoms with van der Waals surface area (Å²) in [5.41, 5.74) is 1.35. The second kappa shape index (κ2) is 7.10. The molecule has 0 saturated heterocycles. The van der Waals surface area contributed by atoms with Crippen LogP contribution >= 0.6 is 11.6 Å². The minimum absolute atomic E-state index is 0.287. The van der Waals surface area contributed by atoms with E-state index in [1.807, 2.05) is 18.2 Å². The molecule has 1 unspecified atom stereocenters. The topological polar surface area (TPSA) is 79.3 Å². The molecule has 6 nitrogen and oxygen atoms in total. The van der Waals surface area contributed by atoms with E-state index in [1.165, 1.54) is 6.33 Å². The van der Waals surface area contributed by atoms with Crippen molar-refractivity contribution < 1.29 is 9.84 Å². The van der Waals surface area contributed by atoms with Gasteiger partial charge in [0.15, 0.2) is 11.0 Å². The van der Waals surface area contributed by atoms with Crippen molar-refractivity contribution in [3.05, 3.63) is 41.3 Å². The average Bonchev–Trinajstić information content (AvgIpc) is 2.52. The molecular formula is C14H17ClN4O2. The number of aliphatic hydroxyl groups excluding tert-OH is 1. The van der Waals surface area contributed by atoms with Crippen molar-refractivity contribution in [2.45, 2.75) is 6.10 Å². The summed E-state index contributed by atoms with van der Waals surface area (Å²) in [5, 5.41) is 16.5. The summed E-state index contributed by atoms with van der Waals surface area (Å²) in [6.07, 6.45) is 0.669. The summed E-state index contributed by atoms with van der Waals surface area (Å²) in [6, 6.07) is 7.28. The van der Waals surface area contributed by atoms with Crippen LogP contribution in [0, 0.1) is 0 Å². The first-order valence-electron chi connectivity index (χ1n) is 6.40. The Morgan fingerprint density at radius 1 is 1.38 bits per heavy atom. The number of ether oxygens (including phenoxy) is 1. The van der Waals surface area contributed by atoms with Gasteiger partial charge in [0.2, 0.25) is 0 Å². The lowest BCUT2D eigenvalue weighted by molar-refractivity contribution is 0.191. The van der Waals surface area contributed by atoms with Gasteiger partial charge in [-0.25, -0.2) is 9.97 Å². The highest BCUT2D eigenvalue weighted by Crippen LogP contribution is 2.26. The van der Waals surface area contributed by atoms with E-state index in [9.17, 15) is 5.11 Å². The summed E-state index contributed by atoms with van der Waals surface area (Å²) in [6.45, 7) is 0.287. The monoisotopic (exact) mass is 308 g/mol. The van der Waals surface area contributed by atoms with Crippen molar-refractivity contribution >= 4 is 23.1 Å². The number of halogens is 1. The number of hydrogen-bond donors (Lipinski definition) is 3. The summed E-state index contributed by atoms with van der Waals surface area (Å²) in [4.78, 5) is 8.00. The minimum Gasteiger partial charge on any atom is -0.497 e. The second-order valence-corrected chi connectivity index (χ2v) is 4.67. The fourth-order valence-electron chi connectivity index (χ4n) is 1.88. The van der Waals surface area contributed by atoms with E-state index >= 15 is 0 Å². The van der Waals surface area contributed by atoms with Gasteiger partial charge in [0, 0.05) is 13.6 Å². The van der Waals surface area contributed by atoms with Crippen LogP contribution in [0.5, 0.6) is 5.75 Å². The Labute approximate surface area is 128 Å². The lowest BCUT2D eigenvalue weighted by Crippen LogP contribution is -2.14. The number of aromatic nitrogens is 2. The van der Waals surface area contributed by atoms with Crippen LogP contribution in [0.25, 0.3) is 0 Å². The van der Waals surface area contributed by atoms with Gasteiger partial charge in [-0.2, -0.15) is 0 Å². The third-order valence-electron chi connectivity index (χ3n) is 2.99. The summed E-state index contributed by atoms with van der Waals surface area (Å²) < 4.78 is 5.14. The highest BCUT2D eigenvalue weighted by atomic mass is 35.5. The van der Waals surface area contributed by atoms with Gasteiger partial charge < -0.3 is 20.5 Å². The third-order valence-corrected chi connectivity index (χ3v) is 3.28. The predicted molar refractivity (Wildman–Crippen MR) is 83.0 cm³/mol. The zero-order valence-corrected chi connectivity index (χ0v) is 12.6. The molecule has 21 heavy (non-hydrogen) atoms. The second-order valence-electron chi connectivity index (χ2n) is 4.31.